The Labute approximate surface area is 223 Å². The summed E-state index contributed by atoms with van der Waals surface area (Å²) in [5.74, 6) is 0.364. The molecule has 38 heavy (non-hydrogen) atoms. The van der Waals surface area contributed by atoms with Crippen LogP contribution in [0.3, 0.4) is 0 Å². The minimum Gasteiger partial charge on any atom is -0.490 e. The Morgan fingerprint density at radius 1 is 1.05 bits per heavy atom. The molecule has 0 bridgehead atoms. The molecule has 9 nitrogen and oxygen atoms in total. The van der Waals surface area contributed by atoms with Crippen LogP contribution in [0.5, 0.6) is 11.5 Å². The molecule has 0 radical (unpaired) electrons. The summed E-state index contributed by atoms with van der Waals surface area (Å²) in [5.41, 5.74) is 16.1. The SMILES string of the molecule is CCOc1cc2ncc(C(N)=O)c(Nc3cccc(CN4CCC(C(N)=O)CC4)c3CC)c2cc1OCC. The summed E-state index contributed by atoms with van der Waals surface area (Å²) in [6.07, 6.45) is 3.86. The number of pyridine rings is 1. The van der Waals surface area contributed by atoms with Crippen molar-refractivity contribution >= 4 is 34.1 Å². The zero-order valence-corrected chi connectivity index (χ0v) is 22.4. The van der Waals surface area contributed by atoms with Crippen molar-refractivity contribution in [3.05, 3.63) is 53.2 Å². The van der Waals surface area contributed by atoms with Gasteiger partial charge in [0.15, 0.2) is 11.5 Å². The van der Waals surface area contributed by atoms with Crippen molar-refractivity contribution in [2.45, 2.75) is 46.6 Å². The third-order valence-corrected chi connectivity index (χ3v) is 7.07. The number of primary amides is 2. The Morgan fingerprint density at radius 2 is 1.74 bits per heavy atom. The molecule has 1 aliphatic rings. The van der Waals surface area contributed by atoms with E-state index in [9.17, 15) is 9.59 Å². The lowest BCUT2D eigenvalue weighted by molar-refractivity contribution is -0.123. The fourth-order valence-electron chi connectivity index (χ4n) is 5.13. The summed E-state index contributed by atoms with van der Waals surface area (Å²) in [4.78, 5) is 30.8. The summed E-state index contributed by atoms with van der Waals surface area (Å²) in [5, 5.41) is 4.24. The molecule has 1 aliphatic heterocycles. The van der Waals surface area contributed by atoms with Crippen LogP contribution in [-0.2, 0) is 17.8 Å². The monoisotopic (exact) mass is 519 g/mol. The normalized spacial score (nSPS) is 14.4. The van der Waals surface area contributed by atoms with E-state index in [1.54, 1.807) is 0 Å². The van der Waals surface area contributed by atoms with E-state index >= 15 is 0 Å². The molecule has 2 amide bonds. The van der Waals surface area contributed by atoms with Crippen LogP contribution in [0.15, 0.2) is 36.5 Å². The molecule has 1 fully saturated rings. The Bertz CT molecular complexity index is 1320. The molecule has 3 aromatic rings. The second kappa shape index (κ2) is 12.1. The van der Waals surface area contributed by atoms with Gasteiger partial charge in [0, 0.05) is 35.8 Å². The van der Waals surface area contributed by atoms with Crippen LogP contribution >= 0.6 is 0 Å². The molecule has 0 spiro atoms. The first-order valence-corrected chi connectivity index (χ1v) is 13.3. The smallest absolute Gasteiger partial charge is 0.252 e. The minimum absolute atomic E-state index is 0.0399. The predicted molar refractivity (Wildman–Crippen MR) is 149 cm³/mol. The van der Waals surface area contributed by atoms with Gasteiger partial charge < -0.3 is 26.3 Å². The molecule has 2 heterocycles. The van der Waals surface area contributed by atoms with E-state index in [1.165, 1.54) is 11.8 Å². The Hall–Kier alpha value is -3.85. The van der Waals surface area contributed by atoms with Gasteiger partial charge >= 0.3 is 0 Å². The van der Waals surface area contributed by atoms with Crippen LogP contribution < -0.4 is 26.3 Å². The second-order valence-electron chi connectivity index (χ2n) is 9.47. The largest absolute Gasteiger partial charge is 0.490 e. The van der Waals surface area contributed by atoms with Crippen LogP contribution in [0.4, 0.5) is 11.4 Å². The first-order chi connectivity index (χ1) is 18.4. The minimum atomic E-state index is -0.569. The van der Waals surface area contributed by atoms with Gasteiger partial charge in [-0.05, 0) is 69.5 Å². The third-order valence-electron chi connectivity index (χ3n) is 7.07. The molecular weight excluding hydrogens is 482 g/mol. The Kier molecular flexibility index (Phi) is 8.68. The van der Waals surface area contributed by atoms with E-state index in [-0.39, 0.29) is 11.8 Å². The van der Waals surface area contributed by atoms with Crippen LogP contribution in [0, 0.1) is 5.92 Å². The van der Waals surface area contributed by atoms with Gasteiger partial charge in [0.1, 0.15) is 0 Å². The second-order valence-corrected chi connectivity index (χ2v) is 9.47. The number of anilines is 2. The highest BCUT2D eigenvalue weighted by molar-refractivity contribution is 6.08. The maximum Gasteiger partial charge on any atom is 0.252 e. The summed E-state index contributed by atoms with van der Waals surface area (Å²) in [6.45, 7) is 9.33. The summed E-state index contributed by atoms with van der Waals surface area (Å²) in [7, 11) is 0. The number of nitrogens with one attached hydrogen (secondary N) is 1. The van der Waals surface area contributed by atoms with Gasteiger partial charge in [-0.2, -0.15) is 0 Å². The van der Waals surface area contributed by atoms with Crippen molar-refractivity contribution in [2.24, 2.45) is 17.4 Å². The van der Waals surface area contributed by atoms with E-state index in [0.717, 1.165) is 50.1 Å². The number of fused-ring (bicyclic) bond motifs is 1. The average molecular weight is 520 g/mol. The molecule has 9 heteroatoms. The zero-order chi connectivity index (χ0) is 27.2. The number of benzene rings is 2. The molecule has 4 rings (SSSR count). The number of aromatic nitrogens is 1. The molecule has 0 saturated carbocycles. The molecule has 1 aromatic heterocycles. The quantitative estimate of drug-likeness (QED) is 0.347. The van der Waals surface area contributed by atoms with E-state index in [2.05, 4.69) is 28.2 Å². The standard InChI is InChI=1S/C29H37N5O4/c1-4-20-19(17-34-12-10-18(11-13-34)28(30)35)8-7-9-23(20)33-27-21-14-25(37-5-2)26(38-6-3)15-24(21)32-16-22(27)29(31)36/h7-9,14-16,18H,4-6,10-13,17H2,1-3H3,(H2,30,35)(H2,31,36)(H,32,33). The number of rotatable bonds is 11. The number of nitrogens with two attached hydrogens (primary N) is 2. The Morgan fingerprint density at radius 3 is 2.34 bits per heavy atom. The lowest BCUT2D eigenvalue weighted by Crippen LogP contribution is -2.38. The van der Waals surface area contributed by atoms with Crippen LogP contribution in [0.1, 0.15) is 55.1 Å². The number of carbonyl (C=O) groups excluding carboxylic acids is 2. The number of piperidine rings is 1. The van der Waals surface area contributed by atoms with Gasteiger partial charge in [0.05, 0.1) is 30.0 Å². The van der Waals surface area contributed by atoms with Crippen molar-refractivity contribution in [1.82, 2.24) is 9.88 Å². The van der Waals surface area contributed by atoms with Gasteiger partial charge in [-0.1, -0.05) is 19.1 Å². The first-order valence-electron chi connectivity index (χ1n) is 13.3. The van der Waals surface area contributed by atoms with Crippen molar-refractivity contribution in [3.8, 4) is 11.5 Å². The van der Waals surface area contributed by atoms with E-state index < -0.39 is 5.91 Å². The fourth-order valence-corrected chi connectivity index (χ4v) is 5.13. The highest BCUT2D eigenvalue weighted by Crippen LogP contribution is 2.38. The fraction of sp³-hybridized carbons (Fsp3) is 0.414. The maximum absolute atomic E-state index is 12.4. The number of carbonyl (C=O) groups is 2. The van der Waals surface area contributed by atoms with Gasteiger partial charge in [-0.3, -0.25) is 19.5 Å². The van der Waals surface area contributed by atoms with Crippen LogP contribution in [-0.4, -0.2) is 48.0 Å². The number of hydrogen-bond acceptors (Lipinski definition) is 7. The van der Waals surface area contributed by atoms with Crippen molar-refractivity contribution < 1.29 is 19.1 Å². The van der Waals surface area contributed by atoms with Crippen molar-refractivity contribution in [2.75, 3.05) is 31.6 Å². The number of hydrogen-bond donors (Lipinski definition) is 3. The molecule has 0 aliphatic carbocycles. The predicted octanol–water partition coefficient (Wildman–Crippen LogP) is 4.13. The van der Waals surface area contributed by atoms with Gasteiger partial charge in [0.25, 0.3) is 5.91 Å². The van der Waals surface area contributed by atoms with Crippen LogP contribution in [0.2, 0.25) is 0 Å². The number of ether oxygens (including phenoxy) is 2. The Balaban J connectivity index is 1.72. The van der Waals surface area contributed by atoms with E-state index in [0.29, 0.717) is 46.9 Å². The van der Waals surface area contributed by atoms with E-state index in [1.807, 2.05) is 38.1 Å². The third kappa shape index (κ3) is 5.83. The molecule has 2 aromatic carbocycles. The van der Waals surface area contributed by atoms with Crippen molar-refractivity contribution in [1.29, 1.82) is 0 Å². The lowest BCUT2D eigenvalue weighted by Gasteiger charge is -2.31. The van der Waals surface area contributed by atoms with Gasteiger partial charge in [-0.15, -0.1) is 0 Å². The van der Waals surface area contributed by atoms with Gasteiger partial charge in [0.2, 0.25) is 5.91 Å². The molecule has 202 valence electrons. The zero-order valence-electron chi connectivity index (χ0n) is 22.4. The van der Waals surface area contributed by atoms with Crippen LogP contribution in [0.25, 0.3) is 10.9 Å². The highest BCUT2D eigenvalue weighted by Gasteiger charge is 2.24. The molecule has 0 atom stereocenters. The summed E-state index contributed by atoms with van der Waals surface area (Å²) < 4.78 is 11.6. The average Bonchev–Trinajstić information content (AvgIpc) is 2.90. The molecule has 5 N–H and O–H groups in total. The molecule has 0 unspecified atom stereocenters. The number of likely N-dealkylation sites (tertiary alicyclic amines) is 1. The lowest BCUT2D eigenvalue weighted by atomic mass is 9.95. The topological polar surface area (TPSA) is 133 Å². The van der Waals surface area contributed by atoms with E-state index in [4.69, 9.17) is 20.9 Å². The first kappa shape index (κ1) is 27.2. The van der Waals surface area contributed by atoms with Gasteiger partial charge in [-0.25, -0.2) is 0 Å². The number of amides is 2. The number of nitrogens with zero attached hydrogens (tertiary/aromatic N) is 2. The summed E-state index contributed by atoms with van der Waals surface area (Å²) in [6, 6.07) is 9.83. The maximum atomic E-state index is 12.4. The molecular formula is C29H37N5O4. The van der Waals surface area contributed by atoms with Crippen molar-refractivity contribution in [3.63, 3.8) is 0 Å². The highest BCUT2D eigenvalue weighted by atomic mass is 16.5. The summed E-state index contributed by atoms with van der Waals surface area (Å²) >= 11 is 0. The molecule has 1 saturated heterocycles.